The van der Waals surface area contributed by atoms with Crippen molar-refractivity contribution in [2.45, 2.75) is 63.1 Å². The molecule has 13 heteroatoms. The maximum Gasteiger partial charge on any atom is 0.325 e. The first-order chi connectivity index (χ1) is 18.2. The third-order valence-electron chi connectivity index (χ3n) is 6.02. The van der Waals surface area contributed by atoms with E-state index in [0.29, 0.717) is 24.8 Å². The van der Waals surface area contributed by atoms with Gasteiger partial charge in [-0.1, -0.05) is 24.3 Å². The Morgan fingerprint density at radius 2 is 1.51 bits per heavy atom. The van der Waals surface area contributed by atoms with Crippen molar-refractivity contribution in [1.82, 2.24) is 20.7 Å². The standard InChI is InChI=1S/C26H37N5O7S/c1-16(24(33)29-17(2)26(35)36)28-25(34)21(12-6-7-15-27-18(3)32)30-39(37,38)23-14-9-10-19-20(23)11-8-13-22(19)31(4)5/h8-11,13-14,16-17,21,30H,6-7,12,15H2,1-5H3,(H,27,32)(H,28,34)(H,29,33)(H,35,36)/t16-,17-,21+/m1/s1. The van der Waals surface area contributed by atoms with E-state index in [-0.39, 0.29) is 17.2 Å². The number of aliphatic carboxylic acids is 1. The van der Waals surface area contributed by atoms with Gasteiger partial charge in [-0.3, -0.25) is 19.2 Å². The van der Waals surface area contributed by atoms with Crippen LogP contribution in [0.5, 0.6) is 0 Å². The van der Waals surface area contributed by atoms with Crippen molar-refractivity contribution in [2.75, 3.05) is 25.5 Å². The number of carbonyl (C=O) groups excluding carboxylic acids is 3. The summed E-state index contributed by atoms with van der Waals surface area (Å²) < 4.78 is 29.6. The maximum atomic E-state index is 13.6. The molecule has 0 aliphatic heterocycles. The molecule has 39 heavy (non-hydrogen) atoms. The first kappa shape index (κ1) is 31.5. The Bertz CT molecular complexity index is 1310. The minimum Gasteiger partial charge on any atom is -0.480 e. The highest BCUT2D eigenvalue weighted by Gasteiger charge is 2.29. The smallest absolute Gasteiger partial charge is 0.325 e. The van der Waals surface area contributed by atoms with E-state index in [9.17, 15) is 27.6 Å². The molecular formula is C26H37N5O7S. The first-order valence-electron chi connectivity index (χ1n) is 12.5. The highest BCUT2D eigenvalue weighted by Crippen LogP contribution is 2.30. The average Bonchev–Trinajstić information content (AvgIpc) is 2.86. The van der Waals surface area contributed by atoms with Crippen molar-refractivity contribution in [3.8, 4) is 0 Å². The van der Waals surface area contributed by atoms with Crippen LogP contribution in [0.3, 0.4) is 0 Å². The first-order valence-corrected chi connectivity index (χ1v) is 14.0. The van der Waals surface area contributed by atoms with Gasteiger partial charge in [-0.05, 0) is 45.2 Å². The normalized spacial score (nSPS) is 13.7. The molecule has 0 aliphatic rings. The lowest BCUT2D eigenvalue weighted by Crippen LogP contribution is -2.54. The van der Waals surface area contributed by atoms with Gasteiger partial charge in [0.1, 0.15) is 18.1 Å². The van der Waals surface area contributed by atoms with Gasteiger partial charge in [0.15, 0.2) is 0 Å². The van der Waals surface area contributed by atoms with Crippen molar-refractivity contribution in [1.29, 1.82) is 0 Å². The number of carboxylic acid groups (broad SMARTS) is 1. The average molecular weight is 564 g/mol. The molecule has 3 atom stereocenters. The molecule has 214 valence electrons. The van der Waals surface area contributed by atoms with Gasteiger partial charge in [-0.25, -0.2) is 8.42 Å². The fourth-order valence-corrected chi connectivity index (χ4v) is 5.35. The molecule has 0 aliphatic carbocycles. The molecule has 0 saturated heterocycles. The number of carboxylic acids is 1. The number of rotatable bonds is 14. The molecule has 0 unspecified atom stereocenters. The number of sulfonamides is 1. The molecule has 12 nitrogen and oxygen atoms in total. The number of unbranched alkanes of at least 4 members (excludes halogenated alkanes) is 1. The topological polar surface area (TPSA) is 174 Å². The number of fused-ring (bicyclic) bond motifs is 1. The van der Waals surface area contributed by atoms with Crippen LogP contribution in [-0.4, -0.2) is 76.0 Å². The van der Waals surface area contributed by atoms with Gasteiger partial charge in [-0.2, -0.15) is 4.72 Å². The Kier molecular flexibility index (Phi) is 11.2. The van der Waals surface area contributed by atoms with E-state index < -0.39 is 45.9 Å². The number of anilines is 1. The largest absolute Gasteiger partial charge is 0.480 e. The summed E-state index contributed by atoms with van der Waals surface area (Å²) in [6.45, 7) is 4.40. The second-order valence-corrected chi connectivity index (χ2v) is 11.2. The minimum absolute atomic E-state index is 0.000760. The number of amides is 3. The van der Waals surface area contributed by atoms with Crippen molar-refractivity contribution < 1.29 is 32.7 Å². The van der Waals surface area contributed by atoms with Gasteiger partial charge < -0.3 is 26.0 Å². The van der Waals surface area contributed by atoms with E-state index in [2.05, 4.69) is 20.7 Å². The third-order valence-corrected chi connectivity index (χ3v) is 7.55. The van der Waals surface area contributed by atoms with Gasteiger partial charge >= 0.3 is 5.97 Å². The van der Waals surface area contributed by atoms with Crippen LogP contribution in [-0.2, 0) is 29.2 Å². The molecule has 2 aromatic rings. The summed E-state index contributed by atoms with van der Waals surface area (Å²) in [5.41, 5.74) is 0.826. The number of hydrogen-bond acceptors (Lipinski definition) is 7. The summed E-state index contributed by atoms with van der Waals surface area (Å²) in [7, 11) is -0.491. The molecule has 3 amide bonds. The predicted molar refractivity (Wildman–Crippen MR) is 148 cm³/mol. The van der Waals surface area contributed by atoms with E-state index in [4.69, 9.17) is 5.11 Å². The molecule has 0 aromatic heterocycles. The molecule has 5 N–H and O–H groups in total. The van der Waals surface area contributed by atoms with Gasteiger partial charge in [-0.15, -0.1) is 0 Å². The SMILES string of the molecule is CC(=O)NCCCC[C@H](NS(=O)(=O)c1cccc2c(N(C)C)cccc12)C(=O)N[C@H](C)C(=O)N[C@H](C)C(=O)O. The molecule has 0 bridgehead atoms. The number of nitrogens with one attached hydrogen (secondary N) is 4. The van der Waals surface area contributed by atoms with Crippen molar-refractivity contribution in [3.63, 3.8) is 0 Å². The van der Waals surface area contributed by atoms with Crippen molar-refractivity contribution in [2.24, 2.45) is 0 Å². The third kappa shape index (κ3) is 8.93. The van der Waals surface area contributed by atoms with Crippen molar-refractivity contribution in [3.05, 3.63) is 36.4 Å². The second-order valence-electron chi connectivity index (χ2n) is 9.47. The summed E-state index contributed by atoms with van der Waals surface area (Å²) in [4.78, 5) is 49.5. The summed E-state index contributed by atoms with van der Waals surface area (Å²) in [5, 5.41) is 17.6. The van der Waals surface area contributed by atoms with Gasteiger partial charge in [0.25, 0.3) is 0 Å². The number of carbonyl (C=O) groups is 4. The summed E-state index contributed by atoms with van der Waals surface area (Å²) >= 11 is 0. The Morgan fingerprint density at radius 1 is 0.897 bits per heavy atom. The molecule has 2 rings (SSSR count). The van der Waals surface area contributed by atoms with E-state index >= 15 is 0 Å². The van der Waals surface area contributed by atoms with Crippen LogP contribution < -0.4 is 25.6 Å². The molecular weight excluding hydrogens is 526 g/mol. The number of hydrogen-bond donors (Lipinski definition) is 5. The summed E-state index contributed by atoms with van der Waals surface area (Å²) in [5.74, 6) is -2.90. The van der Waals surface area contributed by atoms with Crippen molar-refractivity contribution >= 4 is 50.2 Å². The fourth-order valence-electron chi connectivity index (χ4n) is 3.90. The number of nitrogens with zero attached hydrogens (tertiary/aromatic N) is 1. The predicted octanol–water partition coefficient (Wildman–Crippen LogP) is 0.953. The van der Waals surface area contributed by atoms with Crippen LogP contribution in [0.1, 0.15) is 40.0 Å². The van der Waals surface area contributed by atoms with Crippen LogP contribution in [0, 0.1) is 0 Å². The Labute approximate surface area is 228 Å². The summed E-state index contributed by atoms with van der Waals surface area (Å²) in [6, 6.07) is 6.69. The zero-order valence-electron chi connectivity index (χ0n) is 22.8. The maximum absolute atomic E-state index is 13.6. The quantitative estimate of drug-likeness (QED) is 0.211. The number of benzene rings is 2. The molecule has 2 aromatic carbocycles. The highest BCUT2D eigenvalue weighted by molar-refractivity contribution is 7.89. The van der Waals surface area contributed by atoms with Crippen LogP contribution in [0.4, 0.5) is 5.69 Å². The molecule has 0 saturated carbocycles. The zero-order valence-corrected chi connectivity index (χ0v) is 23.6. The Hall–Kier alpha value is -3.71. The molecule has 0 spiro atoms. The van der Waals surface area contributed by atoms with Crippen LogP contribution in [0.25, 0.3) is 10.8 Å². The van der Waals surface area contributed by atoms with Gasteiger partial charge in [0.2, 0.25) is 27.7 Å². The lowest BCUT2D eigenvalue weighted by molar-refractivity contribution is -0.141. The van der Waals surface area contributed by atoms with Crippen LogP contribution >= 0.6 is 0 Å². The zero-order chi connectivity index (χ0) is 29.3. The minimum atomic E-state index is -4.19. The van der Waals surface area contributed by atoms with Crippen LogP contribution in [0.2, 0.25) is 0 Å². The molecule has 0 heterocycles. The van der Waals surface area contributed by atoms with Crippen LogP contribution in [0.15, 0.2) is 41.3 Å². The van der Waals surface area contributed by atoms with E-state index in [1.165, 1.54) is 26.8 Å². The van der Waals surface area contributed by atoms with Gasteiger partial charge in [0, 0.05) is 44.0 Å². The molecule has 0 radical (unpaired) electrons. The van der Waals surface area contributed by atoms with E-state index in [0.717, 1.165) is 11.1 Å². The monoisotopic (exact) mass is 563 g/mol. The summed E-state index contributed by atoms with van der Waals surface area (Å²) in [6.07, 6.45) is 0.994. The fraction of sp³-hybridized carbons (Fsp3) is 0.462. The second kappa shape index (κ2) is 13.9. The lowest BCUT2D eigenvalue weighted by atomic mass is 10.1. The Balaban J connectivity index is 2.30. The Morgan fingerprint density at radius 3 is 2.13 bits per heavy atom. The van der Waals surface area contributed by atoms with E-state index in [1.54, 1.807) is 18.2 Å². The van der Waals surface area contributed by atoms with Gasteiger partial charge in [0.05, 0.1) is 4.90 Å². The molecule has 0 fully saturated rings. The highest BCUT2D eigenvalue weighted by atomic mass is 32.2. The van der Waals surface area contributed by atoms with E-state index in [1.807, 2.05) is 31.1 Å². The lowest BCUT2D eigenvalue weighted by Gasteiger charge is -2.22.